The molecule has 0 spiro atoms. The van der Waals surface area contributed by atoms with E-state index in [1.54, 1.807) is 14.0 Å². The van der Waals surface area contributed by atoms with Crippen LogP contribution < -0.4 is 10.1 Å². The third-order valence-corrected chi connectivity index (χ3v) is 6.53. The van der Waals surface area contributed by atoms with Crippen molar-refractivity contribution in [3.8, 4) is 5.75 Å². The van der Waals surface area contributed by atoms with Crippen LogP contribution in [0, 0.1) is 0 Å². The lowest BCUT2D eigenvalue weighted by Crippen LogP contribution is -2.16. The summed E-state index contributed by atoms with van der Waals surface area (Å²) in [6, 6.07) is 7.81. The molecule has 2 aromatic rings. The Labute approximate surface area is 167 Å². The van der Waals surface area contributed by atoms with Crippen molar-refractivity contribution >= 4 is 40.0 Å². The minimum atomic E-state index is -0.335. The Kier molecular flexibility index (Phi) is 6.79. The first-order valence-corrected chi connectivity index (χ1v) is 10.9. The maximum Gasteiger partial charge on any atom is 0.341 e. The van der Waals surface area contributed by atoms with E-state index in [4.69, 9.17) is 9.47 Å². The Morgan fingerprint density at radius 1 is 1.22 bits per heavy atom. The summed E-state index contributed by atoms with van der Waals surface area (Å²) in [4.78, 5) is 25.9. The molecule has 0 radical (unpaired) electrons. The van der Waals surface area contributed by atoms with Gasteiger partial charge in [-0.25, -0.2) is 4.79 Å². The second-order valence-electron chi connectivity index (χ2n) is 6.17. The number of benzene rings is 1. The highest BCUT2D eigenvalue weighted by atomic mass is 32.2. The number of anilines is 1. The standard InChI is InChI=1S/C20H23NO4S2/c1-3-25-20(23)18-15-5-4-6-16(15)27-19(18)21-17(22)12-26-11-13-7-9-14(24-2)10-8-13/h7-10H,3-6,11-12H2,1-2H3,(H,21,22). The Bertz CT molecular complexity index is 814. The van der Waals surface area contributed by atoms with Crippen molar-refractivity contribution in [2.45, 2.75) is 31.9 Å². The van der Waals surface area contributed by atoms with Gasteiger partial charge in [0.25, 0.3) is 0 Å². The molecule has 5 nitrogen and oxygen atoms in total. The normalized spacial score (nSPS) is 12.5. The van der Waals surface area contributed by atoms with Crippen molar-refractivity contribution in [3.05, 3.63) is 45.8 Å². The SMILES string of the molecule is CCOC(=O)c1c(NC(=O)CSCc2ccc(OC)cc2)sc2c1CCC2. The molecule has 0 unspecified atom stereocenters. The maximum absolute atomic E-state index is 12.4. The number of hydrogen-bond donors (Lipinski definition) is 1. The lowest BCUT2D eigenvalue weighted by Gasteiger charge is -2.08. The van der Waals surface area contributed by atoms with E-state index >= 15 is 0 Å². The fraction of sp³-hybridized carbons (Fsp3) is 0.400. The summed E-state index contributed by atoms with van der Waals surface area (Å²) >= 11 is 3.05. The lowest BCUT2D eigenvalue weighted by molar-refractivity contribution is -0.113. The molecule has 0 fully saturated rings. The van der Waals surface area contributed by atoms with E-state index in [1.165, 1.54) is 28.0 Å². The van der Waals surface area contributed by atoms with E-state index < -0.39 is 0 Å². The zero-order valence-corrected chi connectivity index (χ0v) is 17.1. The molecule has 1 aliphatic rings. The monoisotopic (exact) mass is 405 g/mol. The number of thiophene rings is 1. The third kappa shape index (κ3) is 4.84. The smallest absolute Gasteiger partial charge is 0.341 e. The van der Waals surface area contributed by atoms with Gasteiger partial charge in [0.1, 0.15) is 10.8 Å². The number of amides is 1. The lowest BCUT2D eigenvalue weighted by atomic mass is 10.1. The van der Waals surface area contributed by atoms with Crippen LogP contribution in [0.25, 0.3) is 0 Å². The van der Waals surface area contributed by atoms with Gasteiger partial charge in [-0.05, 0) is 49.4 Å². The second kappa shape index (κ2) is 9.28. The maximum atomic E-state index is 12.4. The van der Waals surface area contributed by atoms with Gasteiger partial charge in [0, 0.05) is 10.6 Å². The number of carbonyl (C=O) groups excluding carboxylic acids is 2. The molecule has 3 rings (SSSR count). The number of carbonyl (C=O) groups is 2. The largest absolute Gasteiger partial charge is 0.497 e. The molecule has 1 aromatic heterocycles. The van der Waals surface area contributed by atoms with Gasteiger partial charge in [-0.1, -0.05) is 12.1 Å². The summed E-state index contributed by atoms with van der Waals surface area (Å²) in [7, 11) is 1.64. The van der Waals surface area contributed by atoms with E-state index in [-0.39, 0.29) is 11.9 Å². The minimum Gasteiger partial charge on any atom is -0.497 e. The van der Waals surface area contributed by atoms with Gasteiger partial charge in [-0.15, -0.1) is 23.1 Å². The Morgan fingerprint density at radius 2 is 2.00 bits per heavy atom. The molecule has 0 atom stereocenters. The average Bonchev–Trinajstić information content (AvgIpc) is 3.23. The summed E-state index contributed by atoms with van der Waals surface area (Å²) < 4.78 is 10.3. The number of rotatable bonds is 8. The number of ether oxygens (including phenoxy) is 2. The van der Waals surface area contributed by atoms with Crippen molar-refractivity contribution in [3.63, 3.8) is 0 Å². The number of esters is 1. The van der Waals surface area contributed by atoms with Crippen molar-refractivity contribution < 1.29 is 19.1 Å². The fourth-order valence-corrected chi connectivity index (χ4v) is 5.14. The minimum absolute atomic E-state index is 0.0982. The molecular formula is C20H23NO4S2. The van der Waals surface area contributed by atoms with Crippen LogP contribution in [-0.2, 0) is 28.1 Å². The number of hydrogen-bond acceptors (Lipinski definition) is 6. The fourth-order valence-electron chi connectivity index (χ4n) is 3.06. The molecule has 1 N–H and O–H groups in total. The van der Waals surface area contributed by atoms with E-state index in [0.29, 0.717) is 22.9 Å². The van der Waals surface area contributed by atoms with Crippen LogP contribution in [0.3, 0.4) is 0 Å². The van der Waals surface area contributed by atoms with Crippen molar-refractivity contribution in [2.75, 3.05) is 24.8 Å². The Morgan fingerprint density at radius 3 is 2.70 bits per heavy atom. The highest BCUT2D eigenvalue weighted by Crippen LogP contribution is 2.39. The summed E-state index contributed by atoms with van der Waals surface area (Å²) in [5.74, 6) is 1.45. The molecule has 27 heavy (non-hydrogen) atoms. The van der Waals surface area contributed by atoms with Crippen LogP contribution in [0.15, 0.2) is 24.3 Å². The van der Waals surface area contributed by atoms with Crippen LogP contribution in [0.2, 0.25) is 0 Å². The van der Waals surface area contributed by atoms with E-state index in [9.17, 15) is 9.59 Å². The first-order chi connectivity index (χ1) is 13.1. The highest BCUT2D eigenvalue weighted by molar-refractivity contribution is 7.99. The summed E-state index contributed by atoms with van der Waals surface area (Å²) in [6.45, 7) is 2.12. The molecule has 0 bridgehead atoms. The third-order valence-electron chi connectivity index (χ3n) is 4.31. The van der Waals surface area contributed by atoms with E-state index in [1.807, 2.05) is 24.3 Å². The molecule has 144 valence electrons. The molecule has 1 amide bonds. The molecule has 1 aliphatic carbocycles. The first kappa shape index (κ1) is 19.8. The van der Waals surface area contributed by atoms with Gasteiger partial charge in [-0.2, -0.15) is 0 Å². The van der Waals surface area contributed by atoms with Crippen LogP contribution in [0.5, 0.6) is 5.75 Å². The van der Waals surface area contributed by atoms with Crippen molar-refractivity contribution in [1.29, 1.82) is 0 Å². The number of methoxy groups -OCH3 is 1. The van der Waals surface area contributed by atoms with Gasteiger partial charge in [0.2, 0.25) is 5.91 Å². The quantitative estimate of drug-likeness (QED) is 0.664. The zero-order chi connectivity index (χ0) is 19.2. The average molecular weight is 406 g/mol. The Hall–Kier alpha value is -1.99. The predicted octanol–water partition coefficient (Wildman–Crippen LogP) is 4.29. The number of aryl methyl sites for hydroxylation is 1. The van der Waals surface area contributed by atoms with Crippen LogP contribution in [-0.4, -0.2) is 31.3 Å². The number of nitrogens with one attached hydrogen (secondary N) is 1. The first-order valence-electron chi connectivity index (χ1n) is 8.94. The van der Waals surface area contributed by atoms with Gasteiger partial charge < -0.3 is 14.8 Å². The van der Waals surface area contributed by atoms with Crippen molar-refractivity contribution in [2.24, 2.45) is 0 Å². The molecule has 7 heteroatoms. The molecule has 0 saturated heterocycles. The summed E-state index contributed by atoms with van der Waals surface area (Å²) in [5.41, 5.74) is 2.75. The second-order valence-corrected chi connectivity index (χ2v) is 8.26. The molecule has 0 aliphatic heterocycles. The molecule has 1 heterocycles. The number of thioether (sulfide) groups is 1. The Balaban J connectivity index is 1.58. The molecular weight excluding hydrogens is 382 g/mol. The van der Waals surface area contributed by atoms with E-state index in [0.717, 1.165) is 41.9 Å². The van der Waals surface area contributed by atoms with Crippen LogP contribution >= 0.6 is 23.1 Å². The highest BCUT2D eigenvalue weighted by Gasteiger charge is 2.28. The number of fused-ring (bicyclic) bond motifs is 1. The molecule has 1 aromatic carbocycles. The van der Waals surface area contributed by atoms with Gasteiger partial charge in [-0.3, -0.25) is 4.79 Å². The van der Waals surface area contributed by atoms with Crippen LogP contribution in [0.4, 0.5) is 5.00 Å². The summed E-state index contributed by atoms with van der Waals surface area (Å²) in [5, 5.41) is 3.55. The van der Waals surface area contributed by atoms with Crippen molar-refractivity contribution in [1.82, 2.24) is 0 Å². The van der Waals surface area contributed by atoms with E-state index in [2.05, 4.69) is 5.32 Å². The van der Waals surface area contributed by atoms with Gasteiger partial charge in [0.15, 0.2) is 0 Å². The topological polar surface area (TPSA) is 64.6 Å². The van der Waals surface area contributed by atoms with Gasteiger partial charge >= 0.3 is 5.97 Å². The molecule has 0 saturated carbocycles. The van der Waals surface area contributed by atoms with Crippen LogP contribution in [0.1, 0.15) is 39.7 Å². The van der Waals surface area contributed by atoms with Gasteiger partial charge in [0.05, 0.1) is 25.0 Å². The summed E-state index contributed by atoms with van der Waals surface area (Å²) in [6.07, 6.45) is 2.90. The zero-order valence-electron chi connectivity index (χ0n) is 15.5. The predicted molar refractivity (Wildman–Crippen MR) is 110 cm³/mol.